The molecule has 0 unspecified atom stereocenters. The maximum atomic E-state index is 3.77. The first kappa shape index (κ1) is 13.2. The van der Waals surface area contributed by atoms with Crippen molar-refractivity contribution >= 4 is 0 Å². The fourth-order valence-corrected chi connectivity index (χ4v) is 1.74. The highest BCUT2D eigenvalue weighted by atomic mass is 14.2. The van der Waals surface area contributed by atoms with Gasteiger partial charge in [0, 0.05) is 0 Å². The van der Waals surface area contributed by atoms with Crippen molar-refractivity contribution in [2.45, 2.75) is 47.5 Å². The third-order valence-corrected chi connectivity index (χ3v) is 2.52. The number of hydrogen-bond acceptors (Lipinski definition) is 0. The summed E-state index contributed by atoms with van der Waals surface area (Å²) in [5.74, 6) is 0. The van der Waals surface area contributed by atoms with Crippen molar-refractivity contribution in [1.82, 2.24) is 0 Å². The zero-order valence-electron chi connectivity index (χ0n) is 10.4. The molecule has 0 amide bonds. The van der Waals surface area contributed by atoms with Crippen LogP contribution in [-0.4, -0.2) is 0 Å². The van der Waals surface area contributed by atoms with E-state index < -0.39 is 0 Å². The third-order valence-electron chi connectivity index (χ3n) is 2.52. The van der Waals surface area contributed by atoms with Gasteiger partial charge in [0.2, 0.25) is 0 Å². The summed E-state index contributed by atoms with van der Waals surface area (Å²) in [6.07, 6.45) is 8.53. The van der Waals surface area contributed by atoms with Gasteiger partial charge in [0.15, 0.2) is 0 Å². The summed E-state index contributed by atoms with van der Waals surface area (Å²) in [6, 6.07) is 0. The van der Waals surface area contributed by atoms with Gasteiger partial charge in [-0.1, -0.05) is 43.2 Å². The molecule has 0 heterocycles. The fraction of sp³-hybridized carbons (Fsp3) is 0.571. The Morgan fingerprint density at radius 1 is 1.21 bits per heavy atom. The van der Waals surface area contributed by atoms with Gasteiger partial charge in [-0.15, -0.1) is 6.58 Å². The number of rotatable bonds is 5. The van der Waals surface area contributed by atoms with Crippen molar-refractivity contribution in [3.63, 3.8) is 0 Å². The van der Waals surface area contributed by atoms with Crippen LogP contribution in [0.3, 0.4) is 0 Å². The highest BCUT2D eigenvalue weighted by Gasteiger charge is 2.14. The summed E-state index contributed by atoms with van der Waals surface area (Å²) in [5, 5.41) is 0. The van der Waals surface area contributed by atoms with E-state index in [4.69, 9.17) is 0 Å². The monoisotopic (exact) mass is 192 g/mol. The van der Waals surface area contributed by atoms with Crippen LogP contribution in [0.4, 0.5) is 0 Å². The summed E-state index contributed by atoms with van der Waals surface area (Å²) in [6.45, 7) is 14.8. The van der Waals surface area contributed by atoms with Gasteiger partial charge in [-0.2, -0.15) is 0 Å². The Balaban J connectivity index is 4.50. The molecule has 0 N–H and O–H groups in total. The average Bonchev–Trinajstić information content (AvgIpc) is 2.03. The van der Waals surface area contributed by atoms with Gasteiger partial charge in [-0.25, -0.2) is 0 Å². The molecule has 0 saturated carbocycles. The molecule has 0 radical (unpaired) electrons. The smallest absolute Gasteiger partial charge is 0.0138 e. The van der Waals surface area contributed by atoms with E-state index in [1.54, 1.807) is 0 Å². The van der Waals surface area contributed by atoms with Crippen LogP contribution >= 0.6 is 0 Å². The first-order valence-corrected chi connectivity index (χ1v) is 5.33. The van der Waals surface area contributed by atoms with Crippen molar-refractivity contribution in [3.05, 3.63) is 36.0 Å². The van der Waals surface area contributed by atoms with Crippen LogP contribution in [0.5, 0.6) is 0 Å². The van der Waals surface area contributed by atoms with E-state index in [1.807, 2.05) is 6.08 Å². The third kappa shape index (κ3) is 5.06. The second-order valence-corrected chi connectivity index (χ2v) is 4.72. The lowest BCUT2D eigenvalue weighted by Gasteiger charge is -2.21. The normalized spacial score (nSPS) is 14.4. The molecule has 0 bridgehead atoms. The zero-order valence-corrected chi connectivity index (χ0v) is 10.4. The predicted octanol–water partition coefficient (Wildman–Crippen LogP) is 4.89. The van der Waals surface area contributed by atoms with E-state index in [1.165, 1.54) is 11.1 Å². The minimum atomic E-state index is 0.279. The SMILES string of the molecule is C=CC/C(C)=C(\C)CC(C)(C)C=CC. The van der Waals surface area contributed by atoms with Gasteiger partial charge in [-0.05, 0) is 39.0 Å². The van der Waals surface area contributed by atoms with Crippen molar-refractivity contribution in [1.29, 1.82) is 0 Å². The van der Waals surface area contributed by atoms with Crippen molar-refractivity contribution in [2.75, 3.05) is 0 Å². The second-order valence-electron chi connectivity index (χ2n) is 4.72. The lowest BCUT2D eigenvalue weighted by Crippen LogP contribution is -2.08. The lowest BCUT2D eigenvalue weighted by atomic mass is 9.84. The molecule has 0 fully saturated rings. The van der Waals surface area contributed by atoms with Gasteiger partial charge in [0.1, 0.15) is 0 Å². The van der Waals surface area contributed by atoms with Gasteiger partial charge >= 0.3 is 0 Å². The summed E-state index contributed by atoms with van der Waals surface area (Å²) in [4.78, 5) is 0. The highest BCUT2D eigenvalue weighted by molar-refractivity contribution is 5.15. The van der Waals surface area contributed by atoms with Crippen LogP contribution in [0.2, 0.25) is 0 Å². The Hall–Kier alpha value is -0.780. The summed E-state index contributed by atoms with van der Waals surface area (Å²) >= 11 is 0. The Bertz CT molecular complexity index is 239. The second kappa shape index (κ2) is 5.85. The number of hydrogen-bond donors (Lipinski definition) is 0. The molecule has 0 nitrogen and oxygen atoms in total. The molecule has 0 aromatic rings. The van der Waals surface area contributed by atoms with E-state index in [0.29, 0.717) is 0 Å². The highest BCUT2D eigenvalue weighted by Crippen LogP contribution is 2.28. The molecule has 0 atom stereocenters. The summed E-state index contributed by atoms with van der Waals surface area (Å²) in [5.41, 5.74) is 3.23. The van der Waals surface area contributed by atoms with E-state index in [-0.39, 0.29) is 5.41 Å². The van der Waals surface area contributed by atoms with E-state index in [0.717, 1.165) is 12.8 Å². The molecule has 0 rings (SSSR count). The molecule has 0 aliphatic rings. The molecule has 0 aliphatic heterocycles. The molecule has 14 heavy (non-hydrogen) atoms. The van der Waals surface area contributed by atoms with Gasteiger partial charge in [-0.3, -0.25) is 0 Å². The van der Waals surface area contributed by atoms with Crippen LogP contribution in [0.25, 0.3) is 0 Å². The summed E-state index contributed by atoms with van der Waals surface area (Å²) in [7, 11) is 0. The zero-order chi connectivity index (χ0) is 11.2. The average molecular weight is 192 g/mol. The topological polar surface area (TPSA) is 0 Å². The molecule has 0 spiro atoms. The Labute approximate surface area is 89.4 Å². The largest absolute Gasteiger partial charge is 0.103 e. The minimum Gasteiger partial charge on any atom is -0.103 e. The van der Waals surface area contributed by atoms with Gasteiger partial charge in [0.05, 0.1) is 0 Å². The van der Waals surface area contributed by atoms with Crippen LogP contribution in [0.15, 0.2) is 36.0 Å². The molecular weight excluding hydrogens is 168 g/mol. The quantitative estimate of drug-likeness (QED) is 0.544. The molecule has 0 heteroatoms. The predicted molar refractivity (Wildman–Crippen MR) is 66.4 cm³/mol. The lowest BCUT2D eigenvalue weighted by molar-refractivity contribution is 0.472. The van der Waals surface area contributed by atoms with Crippen molar-refractivity contribution in [2.24, 2.45) is 5.41 Å². The maximum absolute atomic E-state index is 3.77. The van der Waals surface area contributed by atoms with E-state index in [2.05, 4.69) is 53.3 Å². The number of allylic oxidation sites excluding steroid dienone is 5. The fourth-order valence-electron chi connectivity index (χ4n) is 1.74. The van der Waals surface area contributed by atoms with Crippen LogP contribution in [0.1, 0.15) is 47.5 Å². The Kier molecular flexibility index (Phi) is 5.52. The molecule has 0 saturated heterocycles. The first-order valence-electron chi connectivity index (χ1n) is 5.33. The minimum absolute atomic E-state index is 0.279. The van der Waals surface area contributed by atoms with Gasteiger partial charge < -0.3 is 0 Å². The molecular formula is C14H24. The first-order chi connectivity index (χ1) is 6.43. The summed E-state index contributed by atoms with van der Waals surface area (Å²) < 4.78 is 0. The Morgan fingerprint density at radius 2 is 1.79 bits per heavy atom. The maximum Gasteiger partial charge on any atom is -0.0138 e. The molecule has 0 aromatic heterocycles. The molecule has 0 aromatic carbocycles. The van der Waals surface area contributed by atoms with Crippen molar-refractivity contribution < 1.29 is 0 Å². The van der Waals surface area contributed by atoms with E-state index >= 15 is 0 Å². The van der Waals surface area contributed by atoms with E-state index in [9.17, 15) is 0 Å². The standard InChI is InChI=1S/C14H24/c1-7-9-12(3)13(4)11-14(5,6)10-8-2/h7-8,10H,1,9,11H2,2-6H3/b10-8?,13-12+. The molecule has 0 aliphatic carbocycles. The van der Waals surface area contributed by atoms with Gasteiger partial charge in [0.25, 0.3) is 0 Å². The van der Waals surface area contributed by atoms with Crippen LogP contribution < -0.4 is 0 Å². The van der Waals surface area contributed by atoms with Crippen molar-refractivity contribution in [3.8, 4) is 0 Å². The van der Waals surface area contributed by atoms with Crippen LogP contribution in [-0.2, 0) is 0 Å². The van der Waals surface area contributed by atoms with Crippen LogP contribution in [0, 0.1) is 5.41 Å². The molecule has 80 valence electrons. The Morgan fingerprint density at radius 3 is 2.21 bits per heavy atom.